The van der Waals surface area contributed by atoms with Crippen LogP contribution in [-0.4, -0.2) is 14.8 Å². The first-order chi connectivity index (χ1) is 8.66. The van der Waals surface area contributed by atoms with Crippen molar-refractivity contribution in [1.82, 2.24) is 9.97 Å². The number of nitrogens with zero attached hydrogens (tertiary/aromatic N) is 2. The number of hydrogen-bond donors (Lipinski definition) is 0. The van der Waals surface area contributed by atoms with E-state index in [9.17, 15) is 0 Å². The fourth-order valence-corrected chi connectivity index (χ4v) is 3.80. The summed E-state index contributed by atoms with van der Waals surface area (Å²) in [6, 6.07) is 0. The lowest BCUT2D eigenvalue weighted by Gasteiger charge is -2.15. The van der Waals surface area contributed by atoms with Gasteiger partial charge in [0, 0.05) is 22.6 Å². The van der Waals surface area contributed by atoms with Crippen LogP contribution in [0.2, 0.25) is 0 Å². The van der Waals surface area contributed by atoms with Gasteiger partial charge < -0.3 is 0 Å². The number of aromatic nitrogens is 2. The average Bonchev–Trinajstić information content (AvgIpc) is 2.53. The van der Waals surface area contributed by atoms with E-state index >= 15 is 0 Å². The van der Waals surface area contributed by atoms with Crippen molar-refractivity contribution >= 4 is 15.9 Å². The summed E-state index contributed by atoms with van der Waals surface area (Å²) >= 11 is 3.80. The molecule has 1 aromatic rings. The molecule has 0 radical (unpaired) electrons. The summed E-state index contributed by atoms with van der Waals surface area (Å²) in [5, 5.41) is 0. The van der Waals surface area contributed by atoms with E-state index in [1.165, 1.54) is 49.1 Å². The van der Waals surface area contributed by atoms with Gasteiger partial charge in [0.1, 0.15) is 6.33 Å². The van der Waals surface area contributed by atoms with E-state index in [0.717, 1.165) is 18.8 Å². The van der Waals surface area contributed by atoms with Crippen LogP contribution >= 0.6 is 15.9 Å². The van der Waals surface area contributed by atoms with Gasteiger partial charge in [-0.25, -0.2) is 9.97 Å². The summed E-state index contributed by atoms with van der Waals surface area (Å²) < 4.78 is 0. The van der Waals surface area contributed by atoms with Crippen LogP contribution in [0.1, 0.15) is 56.5 Å². The molecule has 0 fully saturated rings. The first kappa shape index (κ1) is 14.0. The monoisotopic (exact) mass is 310 g/mol. The highest BCUT2D eigenvalue weighted by atomic mass is 79.9. The molecule has 100 valence electrons. The standard InChI is InChI=1S/C15H23BrN2/c1-11(2)8-12(16)9-15-13-6-4-3-5-7-14(13)17-10-18-15/h10-12H,3-9H2,1-2H3. The molecular weight excluding hydrogens is 288 g/mol. The van der Waals surface area contributed by atoms with E-state index in [1.807, 2.05) is 0 Å². The highest BCUT2D eigenvalue weighted by Crippen LogP contribution is 2.24. The minimum atomic E-state index is 0.541. The highest BCUT2D eigenvalue weighted by Gasteiger charge is 2.17. The highest BCUT2D eigenvalue weighted by molar-refractivity contribution is 9.09. The summed E-state index contributed by atoms with van der Waals surface area (Å²) in [5.41, 5.74) is 4.04. The number of hydrogen-bond acceptors (Lipinski definition) is 2. The second kappa shape index (κ2) is 6.65. The molecule has 2 nitrogen and oxygen atoms in total. The van der Waals surface area contributed by atoms with Gasteiger partial charge in [-0.2, -0.15) is 0 Å². The smallest absolute Gasteiger partial charge is 0.115 e. The molecule has 0 saturated carbocycles. The Balaban J connectivity index is 2.13. The fourth-order valence-electron chi connectivity index (χ4n) is 2.75. The van der Waals surface area contributed by atoms with Gasteiger partial charge in [0.15, 0.2) is 0 Å². The maximum atomic E-state index is 4.54. The molecule has 18 heavy (non-hydrogen) atoms. The maximum absolute atomic E-state index is 4.54. The van der Waals surface area contributed by atoms with Crippen LogP contribution in [0.15, 0.2) is 6.33 Å². The third kappa shape index (κ3) is 3.78. The molecule has 2 rings (SSSR count). The molecule has 0 spiro atoms. The van der Waals surface area contributed by atoms with Crippen LogP contribution in [0.3, 0.4) is 0 Å². The molecule has 0 bridgehead atoms. The van der Waals surface area contributed by atoms with Gasteiger partial charge in [-0.1, -0.05) is 36.2 Å². The van der Waals surface area contributed by atoms with Crippen molar-refractivity contribution in [2.24, 2.45) is 5.92 Å². The van der Waals surface area contributed by atoms with E-state index < -0.39 is 0 Å². The van der Waals surface area contributed by atoms with Crippen LogP contribution in [0.25, 0.3) is 0 Å². The van der Waals surface area contributed by atoms with Gasteiger partial charge >= 0.3 is 0 Å². The molecule has 3 heteroatoms. The Bertz CT molecular complexity index is 390. The SMILES string of the molecule is CC(C)CC(Br)Cc1ncnc2c1CCCCC2. The van der Waals surface area contributed by atoms with E-state index in [-0.39, 0.29) is 0 Å². The van der Waals surface area contributed by atoms with Gasteiger partial charge in [0.05, 0.1) is 0 Å². The molecule has 0 saturated heterocycles. The number of rotatable bonds is 4. The summed E-state index contributed by atoms with van der Waals surface area (Å²) in [5.74, 6) is 0.731. The lowest BCUT2D eigenvalue weighted by Crippen LogP contribution is -2.12. The predicted octanol–water partition coefficient (Wildman–Crippen LogP) is 4.10. The number of fused-ring (bicyclic) bond motifs is 1. The van der Waals surface area contributed by atoms with Crippen LogP contribution < -0.4 is 0 Å². The molecule has 0 amide bonds. The Morgan fingerprint density at radius 2 is 1.94 bits per heavy atom. The topological polar surface area (TPSA) is 25.8 Å². The zero-order valence-electron chi connectivity index (χ0n) is 11.5. The zero-order valence-corrected chi connectivity index (χ0v) is 13.0. The lowest BCUT2D eigenvalue weighted by molar-refractivity contribution is 0.566. The second-order valence-electron chi connectivity index (χ2n) is 5.74. The van der Waals surface area contributed by atoms with Crippen molar-refractivity contribution < 1.29 is 0 Å². The van der Waals surface area contributed by atoms with Gasteiger partial charge in [-0.05, 0) is 43.6 Å². The van der Waals surface area contributed by atoms with Gasteiger partial charge in [0.25, 0.3) is 0 Å². The van der Waals surface area contributed by atoms with Crippen LogP contribution in [0.4, 0.5) is 0 Å². The summed E-state index contributed by atoms with van der Waals surface area (Å²) in [4.78, 5) is 9.56. The van der Waals surface area contributed by atoms with E-state index in [2.05, 4.69) is 39.7 Å². The van der Waals surface area contributed by atoms with E-state index in [4.69, 9.17) is 0 Å². The van der Waals surface area contributed by atoms with Gasteiger partial charge in [-0.3, -0.25) is 0 Å². The zero-order chi connectivity index (χ0) is 13.0. The summed E-state index contributed by atoms with van der Waals surface area (Å²) in [6.07, 6.45) is 10.2. The fraction of sp³-hybridized carbons (Fsp3) is 0.733. The Labute approximate surface area is 119 Å². The molecule has 1 unspecified atom stereocenters. The maximum Gasteiger partial charge on any atom is 0.115 e. The molecule has 0 N–H and O–H groups in total. The molecule has 1 aliphatic carbocycles. The van der Waals surface area contributed by atoms with Crippen molar-refractivity contribution in [3.63, 3.8) is 0 Å². The molecule has 1 aliphatic rings. The van der Waals surface area contributed by atoms with Crippen LogP contribution in [-0.2, 0) is 19.3 Å². The molecule has 0 aliphatic heterocycles. The Morgan fingerprint density at radius 1 is 1.17 bits per heavy atom. The van der Waals surface area contributed by atoms with Crippen molar-refractivity contribution in [2.75, 3.05) is 0 Å². The van der Waals surface area contributed by atoms with Crippen LogP contribution in [0, 0.1) is 5.92 Å². The normalized spacial score (nSPS) is 17.3. The van der Waals surface area contributed by atoms with Crippen molar-refractivity contribution in [2.45, 2.75) is 63.6 Å². The van der Waals surface area contributed by atoms with E-state index in [1.54, 1.807) is 6.33 Å². The molecule has 1 heterocycles. The predicted molar refractivity (Wildman–Crippen MR) is 79.2 cm³/mol. The third-order valence-corrected chi connectivity index (χ3v) is 4.30. The van der Waals surface area contributed by atoms with Gasteiger partial charge in [0.2, 0.25) is 0 Å². The van der Waals surface area contributed by atoms with Crippen molar-refractivity contribution in [3.8, 4) is 0 Å². The number of alkyl halides is 1. The largest absolute Gasteiger partial charge is 0.241 e. The third-order valence-electron chi connectivity index (χ3n) is 3.61. The van der Waals surface area contributed by atoms with Crippen molar-refractivity contribution in [1.29, 1.82) is 0 Å². The van der Waals surface area contributed by atoms with Gasteiger partial charge in [-0.15, -0.1) is 0 Å². The minimum Gasteiger partial charge on any atom is -0.241 e. The Kier molecular flexibility index (Phi) is 5.16. The quantitative estimate of drug-likeness (QED) is 0.618. The first-order valence-corrected chi connectivity index (χ1v) is 8.04. The number of halogens is 1. The second-order valence-corrected chi connectivity index (χ2v) is 7.03. The molecule has 1 aromatic heterocycles. The lowest BCUT2D eigenvalue weighted by atomic mass is 10.00. The average molecular weight is 311 g/mol. The summed E-state index contributed by atoms with van der Waals surface area (Å²) in [6.45, 7) is 4.55. The van der Waals surface area contributed by atoms with Crippen molar-refractivity contribution in [3.05, 3.63) is 23.3 Å². The first-order valence-electron chi connectivity index (χ1n) is 7.12. The molecule has 0 aromatic carbocycles. The molecule has 1 atom stereocenters. The Morgan fingerprint density at radius 3 is 2.72 bits per heavy atom. The summed E-state index contributed by atoms with van der Waals surface area (Å²) in [7, 11) is 0. The van der Waals surface area contributed by atoms with Crippen LogP contribution in [0.5, 0.6) is 0 Å². The minimum absolute atomic E-state index is 0.541. The Hall–Kier alpha value is -0.440. The van der Waals surface area contributed by atoms with E-state index in [0.29, 0.717) is 4.83 Å². The molecular formula is C15H23BrN2. The number of aryl methyl sites for hydroxylation is 1.